The van der Waals surface area contributed by atoms with E-state index in [0.29, 0.717) is 5.56 Å². The van der Waals surface area contributed by atoms with E-state index in [0.717, 1.165) is 29.8 Å². The molecule has 0 saturated carbocycles. The van der Waals surface area contributed by atoms with Crippen LogP contribution in [0.15, 0.2) is 73.1 Å². The van der Waals surface area contributed by atoms with Crippen molar-refractivity contribution in [2.75, 3.05) is 0 Å². The summed E-state index contributed by atoms with van der Waals surface area (Å²) >= 11 is 0. The predicted octanol–water partition coefficient (Wildman–Crippen LogP) is 2.42. The van der Waals surface area contributed by atoms with Crippen molar-refractivity contribution < 1.29 is 24.7 Å². The Balaban J connectivity index is 1.58. The fourth-order valence-electron chi connectivity index (χ4n) is 3.61. The molecule has 1 heterocycles. The molecule has 0 aliphatic carbocycles. The van der Waals surface area contributed by atoms with Crippen LogP contribution in [0.5, 0.6) is 0 Å². The first-order valence-electron chi connectivity index (χ1n) is 11.7. The number of pyridine rings is 1. The molecular formula is C28H29N5O5. The maximum atomic E-state index is 12.7. The van der Waals surface area contributed by atoms with Gasteiger partial charge in [-0.25, -0.2) is 10.3 Å². The van der Waals surface area contributed by atoms with Gasteiger partial charge in [-0.1, -0.05) is 30.0 Å². The average molecular weight is 516 g/mol. The van der Waals surface area contributed by atoms with E-state index in [1.54, 1.807) is 30.5 Å². The number of benzene rings is 2. The zero-order valence-corrected chi connectivity index (χ0v) is 21.0. The number of nitrogens with one attached hydrogen (secondary N) is 4. The molecule has 196 valence electrons. The third-order valence-corrected chi connectivity index (χ3v) is 5.63. The molecule has 10 nitrogen and oxygen atoms in total. The molecule has 3 rings (SSSR count). The molecule has 2 aromatic carbocycles. The second kappa shape index (κ2) is 13.0. The van der Waals surface area contributed by atoms with Crippen LogP contribution in [0.3, 0.4) is 0 Å². The number of aromatic nitrogens is 1. The molecule has 6 N–H and O–H groups in total. The Morgan fingerprint density at radius 3 is 2.08 bits per heavy atom. The van der Waals surface area contributed by atoms with Gasteiger partial charge < -0.3 is 21.1 Å². The van der Waals surface area contributed by atoms with E-state index in [1.165, 1.54) is 19.3 Å². The molecule has 1 unspecified atom stereocenters. The number of amides is 3. The van der Waals surface area contributed by atoms with Crippen LogP contribution in [-0.4, -0.2) is 44.8 Å². The molecule has 0 spiro atoms. The lowest BCUT2D eigenvalue weighted by atomic mass is 9.93. The summed E-state index contributed by atoms with van der Waals surface area (Å²) in [6, 6.07) is 16.9. The first-order chi connectivity index (χ1) is 18.2. The molecule has 0 fully saturated rings. The normalized spacial score (nSPS) is 11.4. The van der Waals surface area contributed by atoms with E-state index in [9.17, 15) is 14.4 Å². The molecule has 1 aromatic heterocycles. The van der Waals surface area contributed by atoms with Gasteiger partial charge in [-0.05, 0) is 67.4 Å². The summed E-state index contributed by atoms with van der Waals surface area (Å²) < 4.78 is 0. The van der Waals surface area contributed by atoms with Crippen molar-refractivity contribution in [2.24, 2.45) is 0 Å². The van der Waals surface area contributed by atoms with Crippen LogP contribution in [-0.2, 0) is 17.9 Å². The van der Waals surface area contributed by atoms with Gasteiger partial charge in [0.25, 0.3) is 11.8 Å². The van der Waals surface area contributed by atoms with Crippen LogP contribution in [0.4, 0.5) is 4.79 Å². The van der Waals surface area contributed by atoms with Crippen molar-refractivity contribution in [2.45, 2.75) is 38.5 Å². The van der Waals surface area contributed by atoms with Crippen molar-refractivity contribution in [3.63, 3.8) is 0 Å². The largest absolute Gasteiger partial charge is 0.465 e. The van der Waals surface area contributed by atoms with Gasteiger partial charge in [0.1, 0.15) is 6.04 Å². The standard InChI is InChI=1S/C28H29N5O5/c1-28(2,32-27(36)37)24(26(35)33-38)31-25(34)23-13-11-20(12-14-23)6-5-19-7-9-21(10-8-19)16-30-18-22-4-3-15-29-17-22/h3-4,7-15,17,24,30,32,38H,16,18H2,1-2H3,(H,31,34)(H,33,35)(H,36,37). The van der Waals surface area contributed by atoms with E-state index >= 15 is 0 Å². The topological polar surface area (TPSA) is 153 Å². The Morgan fingerprint density at radius 1 is 0.921 bits per heavy atom. The number of hydroxylamine groups is 1. The molecule has 3 amide bonds. The zero-order chi connectivity index (χ0) is 27.5. The quantitative estimate of drug-likeness (QED) is 0.145. The minimum atomic E-state index is -1.40. The van der Waals surface area contributed by atoms with Gasteiger partial charge in [-0.2, -0.15) is 0 Å². The molecule has 0 radical (unpaired) electrons. The third-order valence-electron chi connectivity index (χ3n) is 5.63. The lowest BCUT2D eigenvalue weighted by Gasteiger charge is -2.33. The summed E-state index contributed by atoms with van der Waals surface area (Å²) in [7, 11) is 0. The summed E-state index contributed by atoms with van der Waals surface area (Å²) in [6.45, 7) is 4.27. The first-order valence-corrected chi connectivity index (χ1v) is 11.7. The summed E-state index contributed by atoms with van der Waals surface area (Å²) in [5.41, 5.74) is 4.06. The number of hydrogen-bond acceptors (Lipinski definition) is 6. The highest BCUT2D eigenvalue weighted by Gasteiger charge is 2.38. The number of hydrogen-bond donors (Lipinski definition) is 6. The van der Waals surface area contributed by atoms with Crippen molar-refractivity contribution in [3.8, 4) is 11.8 Å². The van der Waals surface area contributed by atoms with Crippen molar-refractivity contribution in [1.29, 1.82) is 0 Å². The number of rotatable bonds is 9. The van der Waals surface area contributed by atoms with Gasteiger partial charge in [0.15, 0.2) is 0 Å². The van der Waals surface area contributed by atoms with Crippen molar-refractivity contribution in [3.05, 3.63) is 101 Å². The Kier molecular flexibility index (Phi) is 9.54. The van der Waals surface area contributed by atoms with Crippen LogP contribution in [0.1, 0.15) is 46.5 Å². The molecule has 0 aliphatic heterocycles. The highest BCUT2D eigenvalue weighted by Crippen LogP contribution is 2.12. The highest BCUT2D eigenvalue weighted by atomic mass is 16.5. The molecule has 10 heteroatoms. The van der Waals surface area contributed by atoms with Crippen LogP contribution in [0.25, 0.3) is 0 Å². The molecular weight excluding hydrogens is 486 g/mol. The van der Waals surface area contributed by atoms with E-state index in [2.05, 4.69) is 32.8 Å². The fourth-order valence-corrected chi connectivity index (χ4v) is 3.61. The fraction of sp³-hybridized carbons (Fsp3) is 0.214. The summed E-state index contributed by atoms with van der Waals surface area (Å²) in [4.78, 5) is 39.9. The smallest absolute Gasteiger partial charge is 0.405 e. The van der Waals surface area contributed by atoms with E-state index in [1.807, 2.05) is 42.6 Å². The van der Waals surface area contributed by atoms with Crippen LogP contribution in [0, 0.1) is 11.8 Å². The third kappa shape index (κ3) is 8.16. The number of carbonyl (C=O) groups excluding carboxylic acids is 2. The van der Waals surface area contributed by atoms with Gasteiger partial charge in [0.2, 0.25) is 0 Å². The SMILES string of the molecule is CC(C)(NC(=O)O)C(NC(=O)c1ccc(C#Cc2ccc(CNCc3cccnc3)cc2)cc1)C(=O)NO. The molecule has 38 heavy (non-hydrogen) atoms. The Morgan fingerprint density at radius 2 is 1.53 bits per heavy atom. The summed E-state index contributed by atoms with van der Waals surface area (Å²) in [6.07, 6.45) is 2.20. The zero-order valence-electron chi connectivity index (χ0n) is 21.0. The van der Waals surface area contributed by atoms with Crippen LogP contribution in [0.2, 0.25) is 0 Å². The van der Waals surface area contributed by atoms with Crippen molar-refractivity contribution in [1.82, 2.24) is 26.4 Å². The van der Waals surface area contributed by atoms with Gasteiger partial charge in [-0.15, -0.1) is 0 Å². The number of carbonyl (C=O) groups is 3. The van der Waals surface area contributed by atoms with Gasteiger partial charge in [-0.3, -0.25) is 19.8 Å². The summed E-state index contributed by atoms with van der Waals surface area (Å²) in [5.74, 6) is 4.55. The van der Waals surface area contributed by atoms with Crippen molar-refractivity contribution >= 4 is 17.9 Å². The minimum Gasteiger partial charge on any atom is -0.465 e. The van der Waals surface area contributed by atoms with Crippen LogP contribution < -0.4 is 21.4 Å². The molecule has 0 aliphatic rings. The molecule has 0 saturated heterocycles. The maximum absolute atomic E-state index is 12.7. The molecule has 0 bridgehead atoms. The van der Waals surface area contributed by atoms with Gasteiger partial charge in [0.05, 0.1) is 5.54 Å². The number of nitrogens with zero attached hydrogens (tertiary/aromatic N) is 1. The first kappa shape index (κ1) is 27.9. The maximum Gasteiger partial charge on any atom is 0.405 e. The Bertz CT molecular complexity index is 1310. The predicted molar refractivity (Wildman–Crippen MR) is 140 cm³/mol. The minimum absolute atomic E-state index is 0.237. The molecule has 3 aromatic rings. The average Bonchev–Trinajstić information content (AvgIpc) is 2.91. The second-order valence-corrected chi connectivity index (χ2v) is 9.02. The van der Waals surface area contributed by atoms with Gasteiger partial charge >= 0.3 is 6.09 Å². The summed E-state index contributed by atoms with van der Waals surface area (Å²) in [5, 5.41) is 26.0. The van der Waals surface area contributed by atoms with E-state index in [-0.39, 0.29) is 5.56 Å². The van der Waals surface area contributed by atoms with Gasteiger partial charge in [0, 0.05) is 42.2 Å². The molecule has 1 atom stereocenters. The van der Waals surface area contributed by atoms with E-state index in [4.69, 9.17) is 10.3 Å². The second-order valence-electron chi connectivity index (χ2n) is 9.02. The Hall–Kier alpha value is -4.72. The van der Waals surface area contributed by atoms with Crippen LogP contribution >= 0.6 is 0 Å². The lowest BCUT2D eigenvalue weighted by molar-refractivity contribution is -0.132. The van der Waals surface area contributed by atoms with E-state index < -0.39 is 29.5 Å². The number of carboxylic acid groups (broad SMARTS) is 1. The highest BCUT2D eigenvalue weighted by molar-refractivity contribution is 5.98. The Labute approximate surface area is 220 Å². The monoisotopic (exact) mass is 515 g/mol. The lowest BCUT2D eigenvalue weighted by Crippen LogP contribution is -2.64.